The summed E-state index contributed by atoms with van der Waals surface area (Å²) >= 11 is 6.08. The van der Waals surface area contributed by atoms with Gasteiger partial charge in [-0.1, -0.05) is 35.9 Å². The maximum atomic E-state index is 12.5. The molecule has 0 atom stereocenters. The molecule has 2 aromatic rings. The van der Waals surface area contributed by atoms with Crippen LogP contribution in [0.4, 0.5) is 0 Å². The van der Waals surface area contributed by atoms with Crippen LogP contribution in [0.2, 0.25) is 5.02 Å². The van der Waals surface area contributed by atoms with E-state index in [1.807, 2.05) is 45.0 Å². The molecule has 4 heteroatoms. The van der Waals surface area contributed by atoms with E-state index in [0.29, 0.717) is 16.3 Å². The Morgan fingerprint density at radius 3 is 2.61 bits per heavy atom. The van der Waals surface area contributed by atoms with Crippen LogP contribution in [0.1, 0.15) is 41.5 Å². The van der Waals surface area contributed by atoms with E-state index in [-0.39, 0.29) is 11.8 Å². The fourth-order valence-corrected chi connectivity index (χ4v) is 2.12. The number of hydrogen-bond acceptors (Lipinski definition) is 2. The molecule has 1 heterocycles. The third-order valence-electron chi connectivity index (χ3n) is 2.84. The zero-order chi connectivity index (χ0) is 13.3. The zero-order valence-electron chi connectivity index (χ0n) is 10.6. The van der Waals surface area contributed by atoms with E-state index in [4.69, 9.17) is 11.6 Å². The molecule has 94 valence electrons. The van der Waals surface area contributed by atoms with Gasteiger partial charge in [-0.05, 0) is 26.3 Å². The van der Waals surface area contributed by atoms with Crippen LogP contribution in [-0.4, -0.2) is 15.6 Å². The second-order valence-corrected chi connectivity index (χ2v) is 4.93. The Balaban J connectivity index is 2.53. The summed E-state index contributed by atoms with van der Waals surface area (Å²) in [4.78, 5) is 12.5. The predicted molar refractivity (Wildman–Crippen MR) is 72.2 cm³/mol. The van der Waals surface area contributed by atoms with Gasteiger partial charge >= 0.3 is 0 Å². The molecule has 3 nitrogen and oxygen atoms in total. The maximum Gasteiger partial charge on any atom is 0.212 e. The molecule has 0 N–H and O–H groups in total. The Morgan fingerprint density at radius 1 is 1.33 bits per heavy atom. The molecule has 0 saturated heterocycles. The molecule has 0 unspecified atom stereocenters. The Hall–Kier alpha value is -1.61. The van der Waals surface area contributed by atoms with Crippen molar-refractivity contribution in [2.45, 2.75) is 26.8 Å². The van der Waals surface area contributed by atoms with Gasteiger partial charge in [0, 0.05) is 11.6 Å². The molecule has 1 aromatic carbocycles. The number of aryl methyl sites for hydroxylation is 1. The third kappa shape index (κ3) is 2.18. The molecule has 0 amide bonds. The lowest BCUT2D eigenvalue weighted by Gasteiger charge is -2.11. The summed E-state index contributed by atoms with van der Waals surface area (Å²) in [5.74, 6) is -0.0794. The fourth-order valence-electron chi connectivity index (χ4n) is 1.90. The van der Waals surface area contributed by atoms with Gasteiger partial charge in [0.1, 0.15) is 5.69 Å². The van der Waals surface area contributed by atoms with Crippen LogP contribution in [0.3, 0.4) is 0 Å². The number of benzene rings is 1. The first-order chi connectivity index (χ1) is 8.52. The van der Waals surface area contributed by atoms with Crippen LogP contribution in [0.25, 0.3) is 0 Å². The molecule has 0 aliphatic carbocycles. The Kier molecular flexibility index (Phi) is 3.53. The number of aromatic nitrogens is 2. The fraction of sp³-hybridized carbons (Fsp3) is 0.286. The standard InChI is InChI=1S/C14H15ClN2O/c1-9(2)17-13(12(15)8-16-17)14(18)11-7-5-4-6-10(11)3/h4-9H,1-3H3. The van der Waals surface area contributed by atoms with Gasteiger partial charge < -0.3 is 0 Å². The lowest BCUT2D eigenvalue weighted by molar-refractivity contribution is 0.102. The van der Waals surface area contributed by atoms with Crippen LogP contribution < -0.4 is 0 Å². The molecular formula is C14H15ClN2O. The average molecular weight is 263 g/mol. The van der Waals surface area contributed by atoms with Crippen molar-refractivity contribution in [2.24, 2.45) is 0 Å². The topological polar surface area (TPSA) is 34.9 Å². The van der Waals surface area contributed by atoms with Gasteiger partial charge in [0.2, 0.25) is 5.78 Å². The van der Waals surface area contributed by atoms with E-state index < -0.39 is 0 Å². The van der Waals surface area contributed by atoms with E-state index in [1.165, 1.54) is 6.20 Å². The molecule has 2 rings (SSSR count). The first-order valence-electron chi connectivity index (χ1n) is 5.85. The predicted octanol–water partition coefficient (Wildman–Crippen LogP) is 3.66. The van der Waals surface area contributed by atoms with E-state index >= 15 is 0 Å². The summed E-state index contributed by atoms with van der Waals surface area (Å²) in [5, 5.41) is 4.56. The summed E-state index contributed by atoms with van der Waals surface area (Å²) < 4.78 is 1.66. The molecule has 0 spiro atoms. The van der Waals surface area contributed by atoms with Gasteiger partial charge in [0.05, 0.1) is 11.2 Å². The van der Waals surface area contributed by atoms with Crippen molar-refractivity contribution in [2.75, 3.05) is 0 Å². The van der Waals surface area contributed by atoms with E-state index in [1.54, 1.807) is 4.68 Å². The van der Waals surface area contributed by atoms with Crippen molar-refractivity contribution in [3.63, 3.8) is 0 Å². The highest BCUT2D eigenvalue weighted by Gasteiger charge is 2.21. The Morgan fingerprint density at radius 2 is 2.00 bits per heavy atom. The number of nitrogens with zero attached hydrogens (tertiary/aromatic N) is 2. The summed E-state index contributed by atoms with van der Waals surface area (Å²) in [6.07, 6.45) is 1.52. The molecule has 0 radical (unpaired) electrons. The van der Waals surface area contributed by atoms with Gasteiger partial charge in [-0.25, -0.2) is 0 Å². The minimum atomic E-state index is -0.0794. The number of halogens is 1. The summed E-state index contributed by atoms with van der Waals surface area (Å²) in [6, 6.07) is 7.58. The first-order valence-corrected chi connectivity index (χ1v) is 6.23. The molecule has 0 bridgehead atoms. The van der Waals surface area contributed by atoms with E-state index in [0.717, 1.165) is 5.56 Å². The number of hydrogen-bond donors (Lipinski definition) is 0. The van der Waals surface area contributed by atoms with Gasteiger partial charge in [0.15, 0.2) is 0 Å². The van der Waals surface area contributed by atoms with Crippen LogP contribution in [0.15, 0.2) is 30.5 Å². The molecule has 0 aliphatic rings. The van der Waals surface area contributed by atoms with E-state index in [9.17, 15) is 4.79 Å². The highest BCUT2D eigenvalue weighted by atomic mass is 35.5. The summed E-state index contributed by atoms with van der Waals surface area (Å²) in [7, 11) is 0. The zero-order valence-corrected chi connectivity index (χ0v) is 11.4. The molecule has 18 heavy (non-hydrogen) atoms. The Labute approximate surface area is 111 Å². The van der Waals surface area contributed by atoms with Gasteiger partial charge in [-0.3, -0.25) is 9.48 Å². The van der Waals surface area contributed by atoms with Crippen molar-refractivity contribution < 1.29 is 4.79 Å². The van der Waals surface area contributed by atoms with Crippen molar-refractivity contribution in [1.82, 2.24) is 9.78 Å². The summed E-state index contributed by atoms with van der Waals surface area (Å²) in [6.45, 7) is 5.85. The molecule has 1 aromatic heterocycles. The van der Waals surface area contributed by atoms with Crippen LogP contribution in [0.5, 0.6) is 0 Å². The van der Waals surface area contributed by atoms with Crippen molar-refractivity contribution in [3.8, 4) is 0 Å². The number of rotatable bonds is 3. The lowest BCUT2D eigenvalue weighted by Crippen LogP contribution is -2.14. The monoisotopic (exact) mass is 262 g/mol. The quantitative estimate of drug-likeness (QED) is 0.792. The minimum absolute atomic E-state index is 0.0794. The van der Waals surface area contributed by atoms with Gasteiger partial charge in [-0.2, -0.15) is 5.10 Å². The molecule has 0 aliphatic heterocycles. The van der Waals surface area contributed by atoms with Crippen molar-refractivity contribution >= 4 is 17.4 Å². The van der Waals surface area contributed by atoms with Gasteiger partial charge in [0.25, 0.3) is 0 Å². The molecular weight excluding hydrogens is 248 g/mol. The van der Waals surface area contributed by atoms with Crippen LogP contribution in [0, 0.1) is 6.92 Å². The second-order valence-electron chi connectivity index (χ2n) is 4.52. The van der Waals surface area contributed by atoms with Crippen LogP contribution >= 0.6 is 11.6 Å². The number of carbonyl (C=O) groups excluding carboxylic acids is 1. The Bertz CT molecular complexity index is 587. The van der Waals surface area contributed by atoms with E-state index in [2.05, 4.69) is 5.10 Å². The highest BCUT2D eigenvalue weighted by Crippen LogP contribution is 2.23. The number of ketones is 1. The smallest absolute Gasteiger partial charge is 0.212 e. The second kappa shape index (κ2) is 4.94. The largest absolute Gasteiger partial charge is 0.287 e. The lowest BCUT2D eigenvalue weighted by atomic mass is 10.0. The summed E-state index contributed by atoms with van der Waals surface area (Å²) in [5.41, 5.74) is 2.07. The van der Waals surface area contributed by atoms with Gasteiger partial charge in [-0.15, -0.1) is 0 Å². The first kappa shape index (κ1) is 12.8. The average Bonchev–Trinajstić information content (AvgIpc) is 2.71. The van der Waals surface area contributed by atoms with Crippen molar-refractivity contribution in [1.29, 1.82) is 0 Å². The number of carbonyl (C=O) groups is 1. The third-order valence-corrected chi connectivity index (χ3v) is 3.12. The molecule has 0 fully saturated rings. The highest BCUT2D eigenvalue weighted by molar-refractivity contribution is 6.34. The SMILES string of the molecule is Cc1ccccc1C(=O)c1c(Cl)cnn1C(C)C. The normalized spacial score (nSPS) is 10.9. The maximum absolute atomic E-state index is 12.5. The van der Waals surface area contributed by atoms with Crippen LogP contribution in [-0.2, 0) is 0 Å². The minimum Gasteiger partial charge on any atom is -0.287 e. The van der Waals surface area contributed by atoms with Crippen molar-refractivity contribution in [3.05, 3.63) is 52.3 Å². The molecule has 0 saturated carbocycles.